The summed E-state index contributed by atoms with van der Waals surface area (Å²) in [5, 5.41) is 3.59. The van der Waals surface area contributed by atoms with Crippen molar-refractivity contribution >= 4 is 0 Å². The van der Waals surface area contributed by atoms with E-state index in [1.165, 1.54) is 38.8 Å². The number of nitrogens with zero attached hydrogens (tertiary/aromatic N) is 1. The third-order valence-corrected chi connectivity index (χ3v) is 3.69. The summed E-state index contributed by atoms with van der Waals surface area (Å²) in [5.41, 5.74) is 0.271. The van der Waals surface area contributed by atoms with Crippen LogP contribution in [-0.4, -0.2) is 50.3 Å². The molecule has 1 saturated carbocycles. The largest absolute Gasteiger partial charge is 0.380 e. The molecule has 1 heterocycles. The molecular weight excluding hydrogens is 212 g/mol. The lowest BCUT2D eigenvalue weighted by Gasteiger charge is -2.25. The summed E-state index contributed by atoms with van der Waals surface area (Å²) < 4.78 is 5.83. The quantitative estimate of drug-likeness (QED) is 0.656. The Morgan fingerprint density at radius 2 is 1.94 bits per heavy atom. The van der Waals surface area contributed by atoms with Gasteiger partial charge in [0.15, 0.2) is 0 Å². The molecule has 3 heteroatoms. The second kappa shape index (κ2) is 6.17. The van der Waals surface area contributed by atoms with E-state index in [4.69, 9.17) is 4.74 Å². The van der Waals surface area contributed by atoms with Crippen LogP contribution >= 0.6 is 0 Å². The summed E-state index contributed by atoms with van der Waals surface area (Å²) in [5.74, 6) is 0. The normalized spacial score (nSPS) is 22.2. The highest BCUT2D eigenvalue weighted by atomic mass is 16.5. The Bertz CT molecular complexity index is 220. The van der Waals surface area contributed by atoms with Crippen LogP contribution in [0.3, 0.4) is 0 Å². The maximum absolute atomic E-state index is 5.83. The van der Waals surface area contributed by atoms with E-state index in [1.54, 1.807) is 0 Å². The van der Waals surface area contributed by atoms with Crippen molar-refractivity contribution in [3.8, 4) is 0 Å². The summed E-state index contributed by atoms with van der Waals surface area (Å²) in [6.45, 7) is 11.1. The molecule has 1 aliphatic carbocycles. The van der Waals surface area contributed by atoms with E-state index < -0.39 is 0 Å². The Kier molecular flexibility index (Phi) is 4.83. The van der Waals surface area contributed by atoms with Gasteiger partial charge in [-0.25, -0.2) is 0 Å². The Hall–Kier alpha value is -0.120. The van der Waals surface area contributed by atoms with E-state index in [2.05, 4.69) is 24.1 Å². The topological polar surface area (TPSA) is 24.5 Å². The standard InChI is InChI=1S/C14H28N2O/c1-14(2,11-15-13-5-6-13)12-17-10-9-16-7-3-4-8-16/h13,15H,3-12H2,1-2H3. The molecule has 0 amide bonds. The fraction of sp³-hybridized carbons (Fsp3) is 1.00. The fourth-order valence-corrected chi connectivity index (χ4v) is 2.31. The Balaban J connectivity index is 1.49. The number of ether oxygens (including phenoxy) is 1. The van der Waals surface area contributed by atoms with Crippen LogP contribution in [0.25, 0.3) is 0 Å². The monoisotopic (exact) mass is 240 g/mol. The number of hydrogen-bond donors (Lipinski definition) is 1. The molecule has 17 heavy (non-hydrogen) atoms. The molecule has 2 rings (SSSR count). The van der Waals surface area contributed by atoms with Crippen LogP contribution in [0.1, 0.15) is 39.5 Å². The molecule has 100 valence electrons. The molecule has 0 aromatic heterocycles. The number of rotatable bonds is 8. The first-order valence-electron chi connectivity index (χ1n) is 7.19. The minimum atomic E-state index is 0.271. The van der Waals surface area contributed by atoms with Crippen LogP contribution < -0.4 is 5.32 Å². The fourth-order valence-electron chi connectivity index (χ4n) is 2.31. The molecule has 0 radical (unpaired) electrons. The first-order chi connectivity index (χ1) is 8.16. The van der Waals surface area contributed by atoms with E-state index in [0.29, 0.717) is 0 Å². The average Bonchev–Trinajstić information content (AvgIpc) is 2.98. The van der Waals surface area contributed by atoms with E-state index in [1.807, 2.05) is 0 Å². The molecule has 0 spiro atoms. The minimum Gasteiger partial charge on any atom is -0.380 e. The molecule has 0 bridgehead atoms. The summed E-state index contributed by atoms with van der Waals surface area (Å²) in [4.78, 5) is 2.51. The molecule has 0 atom stereocenters. The first kappa shape index (κ1) is 13.3. The molecule has 1 aliphatic heterocycles. The molecule has 0 aromatic carbocycles. The minimum absolute atomic E-state index is 0.271. The van der Waals surface area contributed by atoms with E-state index in [-0.39, 0.29) is 5.41 Å². The first-order valence-corrected chi connectivity index (χ1v) is 7.19. The van der Waals surface area contributed by atoms with Gasteiger partial charge in [-0.05, 0) is 38.8 Å². The molecule has 2 fully saturated rings. The number of likely N-dealkylation sites (tertiary alicyclic amines) is 1. The third kappa shape index (κ3) is 5.36. The van der Waals surface area contributed by atoms with E-state index >= 15 is 0 Å². The van der Waals surface area contributed by atoms with Gasteiger partial charge in [0.1, 0.15) is 0 Å². The Morgan fingerprint density at radius 1 is 1.24 bits per heavy atom. The van der Waals surface area contributed by atoms with Crippen molar-refractivity contribution < 1.29 is 4.74 Å². The second-order valence-electron chi connectivity index (χ2n) is 6.42. The van der Waals surface area contributed by atoms with Gasteiger partial charge in [0, 0.05) is 24.5 Å². The van der Waals surface area contributed by atoms with Crippen LogP contribution in [0.4, 0.5) is 0 Å². The third-order valence-electron chi connectivity index (χ3n) is 3.69. The van der Waals surface area contributed by atoms with Gasteiger partial charge in [0.2, 0.25) is 0 Å². The molecule has 0 aromatic rings. The van der Waals surface area contributed by atoms with Crippen molar-refractivity contribution in [2.45, 2.75) is 45.6 Å². The van der Waals surface area contributed by atoms with Crippen LogP contribution in [0.15, 0.2) is 0 Å². The number of hydrogen-bond acceptors (Lipinski definition) is 3. The highest BCUT2D eigenvalue weighted by Crippen LogP contribution is 2.21. The van der Waals surface area contributed by atoms with Crippen molar-refractivity contribution in [2.75, 3.05) is 39.4 Å². The van der Waals surface area contributed by atoms with Crippen molar-refractivity contribution in [1.82, 2.24) is 10.2 Å². The Morgan fingerprint density at radius 3 is 2.59 bits per heavy atom. The van der Waals surface area contributed by atoms with Crippen LogP contribution in [0.2, 0.25) is 0 Å². The predicted octanol–water partition coefficient (Wildman–Crippen LogP) is 1.88. The van der Waals surface area contributed by atoms with Gasteiger partial charge >= 0.3 is 0 Å². The molecule has 2 aliphatic rings. The SMILES string of the molecule is CC(C)(CNC1CC1)COCCN1CCCC1. The summed E-state index contributed by atoms with van der Waals surface area (Å²) in [6.07, 6.45) is 5.48. The predicted molar refractivity (Wildman–Crippen MR) is 71.3 cm³/mol. The van der Waals surface area contributed by atoms with Crippen molar-refractivity contribution in [3.63, 3.8) is 0 Å². The van der Waals surface area contributed by atoms with Gasteiger partial charge in [-0.3, -0.25) is 0 Å². The summed E-state index contributed by atoms with van der Waals surface area (Å²) >= 11 is 0. The molecule has 1 N–H and O–H groups in total. The van der Waals surface area contributed by atoms with E-state index in [9.17, 15) is 0 Å². The van der Waals surface area contributed by atoms with Gasteiger partial charge in [-0.1, -0.05) is 13.8 Å². The van der Waals surface area contributed by atoms with Gasteiger partial charge in [-0.2, -0.15) is 0 Å². The maximum atomic E-state index is 5.83. The van der Waals surface area contributed by atoms with Crippen molar-refractivity contribution in [1.29, 1.82) is 0 Å². The summed E-state index contributed by atoms with van der Waals surface area (Å²) in [6, 6.07) is 0.805. The zero-order valence-electron chi connectivity index (χ0n) is 11.5. The van der Waals surface area contributed by atoms with Crippen LogP contribution in [0, 0.1) is 5.41 Å². The van der Waals surface area contributed by atoms with Gasteiger partial charge in [0.05, 0.1) is 13.2 Å². The van der Waals surface area contributed by atoms with Crippen molar-refractivity contribution in [2.24, 2.45) is 5.41 Å². The van der Waals surface area contributed by atoms with Crippen molar-refractivity contribution in [3.05, 3.63) is 0 Å². The maximum Gasteiger partial charge on any atom is 0.0593 e. The van der Waals surface area contributed by atoms with Gasteiger partial charge in [-0.15, -0.1) is 0 Å². The number of nitrogens with one attached hydrogen (secondary N) is 1. The van der Waals surface area contributed by atoms with Crippen LogP contribution in [0.5, 0.6) is 0 Å². The molecule has 3 nitrogen and oxygen atoms in total. The Labute approximate surface area is 106 Å². The molecule has 0 unspecified atom stereocenters. The zero-order chi connectivity index (χ0) is 12.1. The van der Waals surface area contributed by atoms with E-state index in [0.717, 1.165) is 32.3 Å². The average molecular weight is 240 g/mol. The van der Waals surface area contributed by atoms with Gasteiger partial charge in [0.25, 0.3) is 0 Å². The summed E-state index contributed by atoms with van der Waals surface area (Å²) in [7, 11) is 0. The zero-order valence-corrected chi connectivity index (χ0v) is 11.5. The van der Waals surface area contributed by atoms with Crippen LogP contribution in [-0.2, 0) is 4.74 Å². The smallest absolute Gasteiger partial charge is 0.0593 e. The molecular formula is C14H28N2O. The van der Waals surface area contributed by atoms with Gasteiger partial charge < -0.3 is 15.0 Å². The highest BCUT2D eigenvalue weighted by molar-refractivity contribution is 4.84. The lowest BCUT2D eigenvalue weighted by molar-refractivity contribution is 0.0505. The lowest BCUT2D eigenvalue weighted by atomic mass is 9.95. The highest BCUT2D eigenvalue weighted by Gasteiger charge is 2.25. The molecule has 1 saturated heterocycles. The second-order valence-corrected chi connectivity index (χ2v) is 6.42. The lowest BCUT2D eigenvalue weighted by Crippen LogP contribution is -2.35.